The van der Waals surface area contributed by atoms with Gasteiger partial charge in [0.05, 0.1) is 5.75 Å². The summed E-state index contributed by atoms with van der Waals surface area (Å²) in [6.45, 7) is 3.76. The maximum absolute atomic E-state index is 11.8. The number of aromatic nitrogens is 2. The molecule has 0 fully saturated rings. The molecule has 0 bridgehead atoms. The van der Waals surface area contributed by atoms with Gasteiger partial charge >= 0.3 is 0 Å². The number of halogens is 1. The quantitative estimate of drug-likeness (QED) is 0.877. The molecule has 0 aliphatic carbocycles. The third kappa shape index (κ3) is 3.92. The summed E-state index contributed by atoms with van der Waals surface area (Å²) in [5, 5.41) is 12.2. The molecule has 0 saturated carbocycles. The van der Waals surface area contributed by atoms with Gasteiger partial charge in [-0.3, -0.25) is 4.79 Å². The van der Waals surface area contributed by atoms with Gasteiger partial charge in [-0.25, -0.2) is 0 Å². The van der Waals surface area contributed by atoms with Crippen LogP contribution < -0.4 is 5.32 Å². The maximum Gasteiger partial charge on any atom is 0.234 e. The first-order chi connectivity index (χ1) is 9.06. The van der Waals surface area contributed by atoms with Gasteiger partial charge in [0.25, 0.3) is 0 Å². The molecule has 1 heterocycles. The molecule has 7 heteroatoms. The summed E-state index contributed by atoms with van der Waals surface area (Å²) in [6, 6.07) is 5.44. The van der Waals surface area contributed by atoms with Crippen molar-refractivity contribution in [3.63, 3.8) is 0 Å². The van der Waals surface area contributed by atoms with Crippen molar-refractivity contribution >= 4 is 46.3 Å². The first-order valence-corrected chi connectivity index (χ1v) is 7.72. The SMILES string of the molecule is Cc1nnc(SCC(=O)Nc2cccc(Cl)c2C)s1. The van der Waals surface area contributed by atoms with Crippen LogP contribution in [0.4, 0.5) is 5.69 Å². The molecule has 0 aliphatic heterocycles. The van der Waals surface area contributed by atoms with Crippen LogP contribution in [-0.4, -0.2) is 21.9 Å². The molecule has 2 aromatic rings. The number of anilines is 1. The second-order valence-corrected chi connectivity index (χ2v) is 6.65. The highest BCUT2D eigenvalue weighted by molar-refractivity contribution is 8.01. The van der Waals surface area contributed by atoms with Crippen molar-refractivity contribution < 1.29 is 4.79 Å². The number of carbonyl (C=O) groups is 1. The second-order valence-electron chi connectivity index (χ2n) is 3.84. The summed E-state index contributed by atoms with van der Waals surface area (Å²) in [4.78, 5) is 11.8. The van der Waals surface area contributed by atoms with Crippen LogP contribution in [-0.2, 0) is 4.79 Å². The molecular formula is C12H12ClN3OS2. The molecule has 19 heavy (non-hydrogen) atoms. The molecule has 0 saturated heterocycles. The zero-order valence-electron chi connectivity index (χ0n) is 10.4. The van der Waals surface area contributed by atoms with E-state index in [4.69, 9.17) is 11.6 Å². The third-order valence-electron chi connectivity index (χ3n) is 2.38. The summed E-state index contributed by atoms with van der Waals surface area (Å²) in [6.07, 6.45) is 0. The first-order valence-electron chi connectivity index (χ1n) is 5.54. The van der Waals surface area contributed by atoms with E-state index in [0.29, 0.717) is 10.8 Å². The Morgan fingerprint density at radius 1 is 1.42 bits per heavy atom. The molecule has 1 N–H and O–H groups in total. The number of nitrogens with zero attached hydrogens (tertiary/aromatic N) is 2. The van der Waals surface area contributed by atoms with Crippen molar-refractivity contribution in [1.29, 1.82) is 0 Å². The van der Waals surface area contributed by atoms with Crippen LogP contribution in [0.5, 0.6) is 0 Å². The number of hydrogen-bond donors (Lipinski definition) is 1. The van der Waals surface area contributed by atoms with E-state index in [1.165, 1.54) is 23.1 Å². The van der Waals surface area contributed by atoms with E-state index in [0.717, 1.165) is 20.6 Å². The standard InChI is InChI=1S/C12H12ClN3OS2/c1-7-9(13)4-3-5-10(7)14-11(17)6-18-12-16-15-8(2)19-12/h3-5H,6H2,1-2H3,(H,14,17). The number of aryl methyl sites for hydroxylation is 1. The largest absolute Gasteiger partial charge is 0.325 e. The summed E-state index contributed by atoms with van der Waals surface area (Å²) < 4.78 is 0.801. The van der Waals surface area contributed by atoms with Crippen molar-refractivity contribution in [2.45, 2.75) is 18.2 Å². The molecule has 0 spiro atoms. The van der Waals surface area contributed by atoms with Gasteiger partial charge < -0.3 is 5.32 Å². The van der Waals surface area contributed by atoms with Gasteiger partial charge in [0.1, 0.15) is 5.01 Å². The first kappa shape index (κ1) is 14.3. The van der Waals surface area contributed by atoms with Crippen LogP contribution in [0.25, 0.3) is 0 Å². The van der Waals surface area contributed by atoms with Crippen molar-refractivity contribution in [3.8, 4) is 0 Å². The Morgan fingerprint density at radius 3 is 2.89 bits per heavy atom. The fraction of sp³-hybridized carbons (Fsp3) is 0.250. The Hall–Kier alpha value is -1.11. The van der Waals surface area contributed by atoms with Gasteiger partial charge in [-0.05, 0) is 31.5 Å². The highest BCUT2D eigenvalue weighted by Gasteiger charge is 2.09. The lowest BCUT2D eigenvalue weighted by molar-refractivity contribution is -0.113. The fourth-order valence-electron chi connectivity index (χ4n) is 1.39. The fourth-order valence-corrected chi connectivity index (χ4v) is 3.18. The average Bonchev–Trinajstić information content (AvgIpc) is 2.78. The lowest BCUT2D eigenvalue weighted by Crippen LogP contribution is -2.14. The Bertz CT molecular complexity index is 600. The molecule has 0 aliphatic rings. The van der Waals surface area contributed by atoms with Crippen LogP contribution >= 0.6 is 34.7 Å². The van der Waals surface area contributed by atoms with Crippen LogP contribution in [0, 0.1) is 13.8 Å². The topological polar surface area (TPSA) is 54.9 Å². The molecule has 4 nitrogen and oxygen atoms in total. The number of nitrogens with one attached hydrogen (secondary N) is 1. The molecular weight excluding hydrogens is 302 g/mol. The Labute approximate surface area is 124 Å². The van der Waals surface area contributed by atoms with E-state index in [1.54, 1.807) is 6.07 Å². The van der Waals surface area contributed by atoms with Crippen LogP contribution in [0.3, 0.4) is 0 Å². The minimum atomic E-state index is -0.0804. The molecule has 1 aromatic heterocycles. The number of benzene rings is 1. The van der Waals surface area contributed by atoms with Gasteiger partial charge in [0.2, 0.25) is 5.91 Å². The van der Waals surface area contributed by atoms with E-state index in [9.17, 15) is 4.79 Å². The predicted molar refractivity (Wildman–Crippen MR) is 80.2 cm³/mol. The number of amides is 1. The number of thioether (sulfide) groups is 1. The Balaban J connectivity index is 1.92. The third-order valence-corrected chi connectivity index (χ3v) is 4.76. The van der Waals surface area contributed by atoms with E-state index >= 15 is 0 Å². The molecule has 100 valence electrons. The predicted octanol–water partition coefficient (Wildman–Crippen LogP) is 3.54. The van der Waals surface area contributed by atoms with Gasteiger partial charge in [0.15, 0.2) is 4.34 Å². The zero-order chi connectivity index (χ0) is 13.8. The molecule has 2 rings (SSSR count). The summed E-state index contributed by atoms with van der Waals surface area (Å²) in [7, 11) is 0. The zero-order valence-corrected chi connectivity index (χ0v) is 12.8. The van der Waals surface area contributed by atoms with Crippen molar-refractivity contribution in [3.05, 3.63) is 33.8 Å². The summed E-state index contributed by atoms with van der Waals surface area (Å²) in [5.41, 5.74) is 1.61. The molecule has 0 unspecified atom stereocenters. The second kappa shape index (κ2) is 6.36. The number of hydrogen-bond acceptors (Lipinski definition) is 5. The molecule has 1 aromatic carbocycles. The van der Waals surface area contributed by atoms with Gasteiger partial charge in [-0.15, -0.1) is 10.2 Å². The minimum absolute atomic E-state index is 0.0804. The molecule has 1 amide bonds. The van der Waals surface area contributed by atoms with Crippen molar-refractivity contribution in [1.82, 2.24) is 10.2 Å². The number of carbonyl (C=O) groups excluding carboxylic acids is 1. The summed E-state index contributed by atoms with van der Waals surface area (Å²) >= 11 is 8.86. The van der Waals surface area contributed by atoms with Crippen LogP contribution in [0.1, 0.15) is 10.6 Å². The highest BCUT2D eigenvalue weighted by atomic mass is 35.5. The minimum Gasteiger partial charge on any atom is -0.325 e. The van der Waals surface area contributed by atoms with Crippen molar-refractivity contribution in [2.75, 3.05) is 11.1 Å². The number of rotatable bonds is 4. The molecule has 0 atom stereocenters. The van der Waals surface area contributed by atoms with Gasteiger partial charge in [0, 0.05) is 10.7 Å². The van der Waals surface area contributed by atoms with Gasteiger partial charge in [-0.2, -0.15) is 0 Å². The van der Waals surface area contributed by atoms with Gasteiger partial charge in [-0.1, -0.05) is 40.8 Å². The highest BCUT2D eigenvalue weighted by Crippen LogP contribution is 2.24. The van der Waals surface area contributed by atoms with E-state index in [2.05, 4.69) is 15.5 Å². The monoisotopic (exact) mass is 313 g/mol. The summed E-state index contributed by atoms with van der Waals surface area (Å²) in [5.74, 6) is 0.226. The van der Waals surface area contributed by atoms with Crippen LogP contribution in [0.15, 0.2) is 22.5 Å². The molecule has 0 radical (unpaired) electrons. The van der Waals surface area contributed by atoms with E-state index in [-0.39, 0.29) is 5.91 Å². The maximum atomic E-state index is 11.8. The van der Waals surface area contributed by atoms with Crippen LogP contribution in [0.2, 0.25) is 5.02 Å². The van der Waals surface area contributed by atoms with E-state index < -0.39 is 0 Å². The Kier molecular flexibility index (Phi) is 4.79. The smallest absolute Gasteiger partial charge is 0.234 e. The lowest BCUT2D eigenvalue weighted by atomic mass is 10.2. The lowest BCUT2D eigenvalue weighted by Gasteiger charge is -2.08. The Morgan fingerprint density at radius 2 is 2.21 bits per heavy atom. The van der Waals surface area contributed by atoms with E-state index in [1.807, 2.05) is 26.0 Å². The average molecular weight is 314 g/mol. The normalized spacial score (nSPS) is 10.5. The van der Waals surface area contributed by atoms with Crippen molar-refractivity contribution in [2.24, 2.45) is 0 Å².